The molecular weight excluding hydrogens is 279 g/mol. The molecule has 0 fully saturated rings. The second-order valence-electron chi connectivity index (χ2n) is 3.85. The molecule has 20 heavy (non-hydrogen) atoms. The number of nitrogens with one attached hydrogen (secondary N) is 2. The molecular formula is C11H12F3N3O3. The van der Waals surface area contributed by atoms with Crippen LogP contribution in [-0.2, 0) is 11.0 Å². The smallest absolute Gasteiger partial charge is 0.433 e. The fourth-order valence-corrected chi connectivity index (χ4v) is 1.30. The molecule has 0 radical (unpaired) electrons. The summed E-state index contributed by atoms with van der Waals surface area (Å²) in [5.74, 6) is -1.07. The van der Waals surface area contributed by atoms with E-state index in [0.29, 0.717) is 0 Å². The van der Waals surface area contributed by atoms with Crippen LogP contribution < -0.4 is 10.6 Å². The first-order valence-corrected chi connectivity index (χ1v) is 5.51. The highest BCUT2D eigenvalue weighted by atomic mass is 19.4. The molecule has 6 nitrogen and oxygen atoms in total. The molecule has 0 spiro atoms. The molecule has 3 N–H and O–H groups in total. The van der Waals surface area contributed by atoms with E-state index >= 15 is 0 Å². The zero-order valence-electron chi connectivity index (χ0n) is 10.4. The molecule has 1 aromatic rings. The van der Waals surface area contributed by atoms with Gasteiger partial charge in [-0.1, -0.05) is 0 Å². The van der Waals surface area contributed by atoms with Crippen molar-refractivity contribution in [1.82, 2.24) is 10.3 Å². The maximum atomic E-state index is 12.4. The SMILES string of the molecule is Cc1nc(C(F)(F)F)ccc1NC(=O)NCCC(=O)O. The number of halogens is 3. The molecule has 0 aliphatic carbocycles. The zero-order chi connectivity index (χ0) is 15.3. The van der Waals surface area contributed by atoms with Crippen LogP contribution in [0.1, 0.15) is 17.8 Å². The number of aromatic nitrogens is 1. The molecule has 0 bridgehead atoms. The van der Waals surface area contributed by atoms with Crippen LogP contribution in [0.3, 0.4) is 0 Å². The lowest BCUT2D eigenvalue weighted by atomic mass is 10.2. The van der Waals surface area contributed by atoms with Crippen molar-refractivity contribution >= 4 is 17.7 Å². The Hall–Kier alpha value is -2.32. The number of rotatable bonds is 4. The molecule has 110 valence electrons. The minimum Gasteiger partial charge on any atom is -0.481 e. The highest BCUT2D eigenvalue weighted by Gasteiger charge is 2.32. The van der Waals surface area contributed by atoms with Crippen molar-refractivity contribution in [3.8, 4) is 0 Å². The summed E-state index contributed by atoms with van der Waals surface area (Å²) in [6.45, 7) is 1.23. The highest BCUT2D eigenvalue weighted by Crippen LogP contribution is 2.29. The third-order valence-electron chi connectivity index (χ3n) is 2.25. The van der Waals surface area contributed by atoms with Gasteiger partial charge in [0.15, 0.2) is 0 Å². The number of carboxylic acids is 1. The maximum Gasteiger partial charge on any atom is 0.433 e. The molecule has 1 aromatic heterocycles. The molecule has 1 heterocycles. The number of carbonyl (C=O) groups excluding carboxylic acids is 1. The number of amides is 2. The van der Waals surface area contributed by atoms with Crippen molar-refractivity contribution in [3.05, 3.63) is 23.5 Å². The number of carbonyl (C=O) groups is 2. The summed E-state index contributed by atoms with van der Waals surface area (Å²) >= 11 is 0. The number of anilines is 1. The molecule has 1 rings (SSSR count). The normalized spacial score (nSPS) is 11.0. The maximum absolute atomic E-state index is 12.4. The minimum atomic E-state index is -4.55. The van der Waals surface area contributed by atoms with Crippen LogP contribution in [0.15, 0.2) is 12.1 Å². The predicted octanol–water partition coefficient (Wildman–Crippen LogP) is 2.01. The van der Waals surface area contributed by atoms with E-state index in [4.69, 9.17) is 5.11 Å². The van der Waals surface area contributed by atoms with Gasteiger partial charge in [-0.3, -0.25) is 4.79 Å². The van der Waals surface area contributed by atoms with Crippen LogP contribution in [0.5, 0.6) is 0 Å². The molecule has 0 aliphatic rings. The number of hydrogen-bond acceptors (Lipinski definition) is 3. The summed E-state index contributed by atoms with van der Waals surface area (Å²) < 4.78 is 37.2. The Balaban J connectivity index is 2.65. The minimum absolute atomic E-state index is 0.00760. The number of urea groups is 1. The number of nitrogens with zero attached hydrogens (tertiary/aromatic N) is 1. The van der Waals surface area contributed by atoms with E-state index in [-0.39, 0.29) is 24.3 Å². The molecule has 0 saturated carbocycles. The lowest BCUT2D eigenvalue weighted by molar-refractivity contribution is -0.141. The average Bonchev–Trinajstić information content (AvgIpc) is 2.29. The molecule has 0 atom stereocenters. The average molecular weight is 291 g/mol. The third-order valence-corrected chi connectivity index (χ3v) is 2.25. The zero-order valence-corrected chi connectivity index (χ0v) is 10.4. The molecule has 0 aliphatic heterocycles. The van der Waals surface area contributed by atoms with E-state index in [9.17, 15) is 22.8 Å². The van der Waals surface area contributed by atoms with Gasteiger partial charge in [0.05, 0.1) is 17.8 Å². The number of carboxylic acid groups (broad SMARTS) is 1. The number of aryl methyl sites for hydroxylation is 1. The standard InChI is InChI=1S/C11H12F3N3O3/c1-6-7(2-3-8(16-6)11(12,13)14)17-10(20)15-5-4-9(18)19/h2-3H,4-5H2,1H3,(H,18,19)(H2,15,17,20). The number of hydrogen-bond donors (Lipinski definition) is 3. The second-order valence-corrected chi connectivity index (χ2v) is 3.85. The van der Waals surface area contributed by atoms with Crippen LogP contribution >= 0.6 is 0 Å². The molecule has 9 heteroatoms. The molecule has 0 saturated heterocycles. The Kier molecular flexibility index (Phi) is 4.89. The predicted molar refractivity (Wildman–Crippen MR) is 63.3 cm³/mol. The lowest BCUT2D eigenvalue weighted by Gasteiger charge is -2.11. The van der Waals surface area contributed by atoms with E-state index in [1.807, 2.05) is 0 Å². The van der Waals surface area contributed by atoms with Crippen LogP contribution in [-0.4, -0.2) is 28.6 Å². The molecule has 2 amide bonds. The van der Waals surface area contributed by atoms with Gasteiger partial charge < -0.3 is 15.7 Å². The third kappa shape index (κ3) is 4.75. The van der Waals surface area contributed by atoms with Crippen molar-refractivity contribution in [2.45, 2.75) is 19.5 Å². The van der Waals surface area contributed by atoms with Crippen LogP contribution in [0.25, 0.3) is 0 Å². The summed E-state index contributed by atoms with van der Waals surface area (Å²) in [7, 11) is 0. The van der Waals surface area contributed by atoms with Crippen molar-refractivity contribution in [2.75, 3.05) is 11.9 Å². The van der Waals surface area contributed by atoms with Crippen molar-refractivity contribution < 1.29 is 27.9 Å². The van der Waals surface area contributed by atoms with Gasteiger partial charge in [0, 0.05) is 6.54 Å². The van der Waals surface area contributed by atoms with E-state index in [2.05, 4.69) is 15.6 Å². The van der Waals surface area contributed by atoms with Crippen LogP contribution in [0, 0.1) is 6.92 Å². The van der Waals surface area contributed by atoms with Crippen molar-refractivity contribution in [2.24, 2.45) is 0 Å². The first-order valence-electron chi connectivity index (χ1n) is 5.51. The van der Waals surface area contributed by atoms with Gasteiger partial charge in [-0.05, 0) is 19.1 Å². The topological polar surface area (TPSA) is 91.3 Å². The van der Waals surface area contributed by atoms with E-state index < -0.39 is 23.9 Å². The van der Waals surface area contributed by atoms with Crippen LogP contribution in [0.4, 0.5) is 23.7 Å². The monoisotopic (exact) mass is 291 g/mol. The Morgan fingerprint density at radius 1 is 1.35 bits per heavy atom. The first-order chi connectivity index (χ1) is 9.20. The Labute approximate surface area is 112 Å². The van der Waals surface area contributed by atoms with Gasteiger partial charge in [0.1, 0.15) is 5.69 Å². The highest BCUT2D eigenvalue weighted by molar-refractivity contribution is 5.89. The quantitative estimate of drug-likeness (QED) is 0.791. The second kappa shape index (κ2) is 6.22. The summed E-state index contributed by atoms with van der Waals surface area (Å²) in [5, 5.41) is 12.9. The number of pyridine rings is 1. The Morgan fingerprint density at radius 2 is 2.00 bits per heavy atom. The van der Waals surface area contributed by atoms with E-state index in [1.54, 1.807) is 0 Å². The van der Waals surface area contributed by atoms with Gasteiger partial charge in [0.2, 0.25) is 0 Å². The van der Waals surface area contributed by atoms with Gasteiger partial charge in [0.25, 0.3) is 0 Å². The van der Waals surface area contributed by atoms with Gasteiger partial charge in [-0.25, -0.2) is 9.78 Å². The van der Waals surface area contributed by atoms with Gasteiger partial charge in [-0.2, -0.15) is 13.2 Å². The van der Waals surface area contributed by atoms with Crippen molar-refractivity contribution in [3.63, 3.8) is 0 Å². The largest absolute Gasteiger partial charge is 0.481 e. The fourth-order valence-electron chi connectivity index (χ4n) is 1.30. The summed E-state index contributed by atoms with van der Waals surface area (Å²) in [4.78, 5) is 24.9. The van der Waals surface area contributed by atoms with Gasteiger partial charge >= 0.3 is 18.2 Å². The Bertz CT molecular complexity index is 517. The van der Waals surface area contributed by atoms with E-state index in [0.717, 1.165) is 12.1 Å². The number of aliphatic carboxylic acids is 1. The lowest BCUT2D eigenvalue weighted by Crippen LogP contribution is -2.31. The van der Waals surface area contributed by atoms with Crippen LogP contribution in [0.2, 0.25) is 0 Å². The number of alkyl halides is 3. The first kappa shape index (κ1) is 15.7. The molecule has 0 unspecified atom stereocenters. The van der Waals surface area contributed by atoms with E-state index in [1.165, 1.54) is 6.92 Å². The molecule has 0 aromatic carbocycles. The summed E-state index contributed by atoms with van der Waals surface area (Å²) in [6, 6.07) is 1.12. The summed E-state index contributed by atoms with van der Waals surface area (Å²) in [6.07, 6.45) is -4.80. The van der Waals surface area contributed by atoms with Crippen molar-refractivity contribution in [1.29, 1.82) is 0 Å². The summed E-state index contributed by atoms with van der Waals surface area (Å²) in [5.41, 5.74) is -0.925. The Morgan fingerprint density at radius 3 is 2.50 bits per heavy atom. The fraction of sp³-hybridized carbons (Fsp3) is 0.364. The van der Waals surface area contributed by atoms with Gasteiger partial charge in [-0.15, -0.1) is 0 Å².